The maximum atomic E-state index is 12.5. The van der Waals surface area contributed by atoms with Gasteiger partial charge < -0.3 is 15.4 Å². The Balaban J connectivity index is 1.27. The highest BCUT2D eigenvalue weighted by molar-refractivity contribution is 8.01. The maximum Gasteiger partial charge on any atom is 0.337 e. The minimum absolute atomic E-state index is 0.109. The lowest BCUT2D eigenvalue weighted by molar-refractivity contribution is -0.116. The zero-order valence-corrected chi connectivity index (χ0v) is 19.9. The van der Waals surface area contributed by atoms with E-state index < -0.39 is 5.97 Å². The summed E-state index contributed by atoms with van der Waals surface area (Å²) in [5.74, 6) is -0.557. The molecule has 172 valence electrons. The Morgan fingerprint density at radius 2 is 1.71 bits per heavy atom. The second-order valence-electron chi connectivity index (χ2n) is 7.26. The topological polar surface area (TPSA) is 97.4 Å². The van der Waals surface area contributed by atoms with Crippen molar-refractivity contribution in [3.63, 3.8) is 0 Å². The number of carbonyl (C=O) groups excluding carboxylic acids is 3. The van der Waals surface area contributed by atoms with Crippen LogP contribution >= 0.6 is 23.1 Å². The van der Waals surface area contributed by atoms with Gasteiger partial charge in [-0.2, -0.15) is 0 Å². The number of rotatable bonds is 8. The summed E-state index contributed by atoms with van der Waals surface area (Å²) in [7, 11) is 1.32. The van der Waals surface area contributed by atoms with Gasteiger partial charge in [0.2, 0.25) is 11.8 Å². The van der Waals surface area contributed by atoms with Crippen LogP contribution in [0.1, 0.15) is 16.1 Å². The van der Waals surface area contributed by atoms with Crippen LogP contribution in [-0.4, -0.2) is 35.6 Å². The molecule has 0 aliphatic rings. The van der Waals surface area contributed by atoms with Gasteiger partial charge in [0, 0.05) is 22.1 Å². The summed E-state index contributed by atoms with van der Waals surface area (Å²) in [6.07, 6.45) is 0.109. The molecule has 4 aromatic rings. The lowest BCUT2D eigenvalue weighted by Crippen LogP contribution is -2.15. The normalized spacial score (nSPS) is 10.6. The maximum absolute atomic E-state index is 12.5. The summed E-state index contributed by atoms with van der Waals surface area (Å²) in [6.45, 7) is 0. The number of benzene rings is 3. The van der Waals surface area contributed by atoms with Crippen molar-refractivity contribution >= 4 is 63.0 Å². The van der Waals surface area contributed by atoms with E-state index >= 15 is 0 Å². The molecule has 1 aromatic heterocycles. The molecule has 0 radical (unpaired) electrons. The molecule has 0 spiro atoms. The molecule has 34 heavy (non-hydrogen) atoms. The molecule has 0 aliphatic carbocycles. The summed E-state index contributed by atoms with van der Waals surface area (Å²) < 4.78 is 5.38. The Labute approximate surface area is 204 Å². The van der Waals surface area contributed by atoms with E-state index in [0.717, 1.165) is 20.8 Å². The highest BCUT2D eigenvalue weighted by Gasteiger charge is 2.12. The molecule has 0 bridgehead atoms. The van der Waals surface area contributed by atoms with Gasteiger partial charge in [0.1, 0.15) is 0 Å². The van der Waals surface area contributed by atoms with Crippen LogP contribution in [0.2, 0.25) is 0 Å². The van der Waals surface area contributed by atoms with Crippen molar-refractivity contribution < 1.29 is 19.1 Å². The summed E-state index contributed by atoms with van der Waals surface area (Å²) >= 11 is 2.73. The first-order valence-corrected chi connectivity index (χ1v) is 12.2. The zero-order valence-electron chi connectivity index (χ0n) is 18.2. The van der Waals surface area contributed by atoms with Gasteiger partial charge in [0.15, 0.2) is 4.34 Å². The Morgan fingerprint density at radius 1 is 0.941 bits per heavy atom. The Morgan fingerprint density at radius 3 is 2.50 bits per heavy atom. The van der Waals surface area contributed by atoms with E-state index in [9.17, 15) is 14.4 Å². The molecule has 2 N–H and O–H groups in total. The Kier molecular flexibility index (Phi) is 7.56. The fraction of sp³-hybridized carbons (Fsp3) is 0.120. The number of ether oxygens (including phenoxy) is 1. The van der Waals surface area contributed by atoms with Gasteiger partial charge in [-0.15, -0.1) is 11.3 Å². The number of thiazole rings is 1. The predicted octanol–water partition coefficient (Wildman–Crippen LogP) is 4.99. The van der Waals surface area contributed by atoms with Gasteiger partial charge >= 0.3 is 5.97 Å². The number of fused-ring (bicyclic) bond motifs is 1. The second-order valence-corrected chi connectivity index (χ2v) is 9.34. The molecule has 0 aliphatic heterocycles. The molecule has 0 atom stereocenters. The van der Waals surface area contributed by atoms with Gasteiger partial charge in [0.25, 0.3) is 0 Å². The smallest absolute Gasteiger partial charge is 0.337 e. The average Bonchev–Trinajstić information content (AvgIpc) is 3.30. The van der Waals surface area contributed by atoms with Gasteiger partial charge in [-0.25, -0.2) is 9.78 Å². The molecule has 0 saturated heterocycles. The first kappa shape index (κ1) is 23.5. The molecule has 0 unspecified atom stereocenters. The van der Waals surface area contributed by atoms with Crippen LogP contribution in [-0.2, 0) is 20.7 Å². The molecule has 0 saturated carbocycles. The molecule has 0 fully saturated rings. The summed E-state index contributed by atoms with van der Waals surface area (Å²) in [6, 6.07) is 20.1. The van der Waals surface area contributed by atoms with Crippen molar-refractivity contribution in [3.05, 3.63) is 83.4 Å². The standard InChI is InChI=1S/C25H21N3O4S2/c1-32-24(31)17-9-11-18(12-10-17)26-22(29)13-19-14-33-25(27-19)34-15-23(30)28-21-8-4-6-16-5-2-3-7-20(16)21/h2-12,14H,13,15H2,1H3,(H,26,29)(H,28,30). The predicted molar refractivity (Wildman–Crippen MR) is 136 cm³/mol. The second kappa shape index (κ2) is 11.0. The third-order valence-corrected chi connectivity index (χ3v) is 6.92. The number of anilines is 2. The number of nitrogens with zero attached hydrogens (tertiary/aromatic N) is 1. The van der Waals surface area contributed by atoms with Crippen molar-refractivity contribution in [1.29, 1.82) is 0 Å². The van der Waals surface area contributed by atoms with E-state index in [-0.39, 0.29) is 24.0 Å². The number of nitrogens with one attached hydrogen (secondary N) is 2. The van der Waals surface area contributed by atoms with Crippen LogP contribution in [0.15, 0.2) is 76.4 Å². The number of amides is 2. The summed E-state index contributed by atoms with van der Waals surface area (Å²) in [4.78, 5) is 40.7. The molecular weight excluding hydrogens is 470 g/mol. The van der Waals surface area contributed by atoms with Gasteiger partial charge in [-0.05, 0) is 35.7 Å². The molecule has 7 nitrogen and oxygen atoms in total. The van der Waals surface area contributed by atoms with Crippen molar-refractivity contribution in [1.82, 2.24) is 4.98 Å². The van der Waals surface area contributed by atoms with Crippen LogP contribution in [0.25, 0.3) is 10.8 Å². The number of thioether (sulfide) groups is 1. The minimum Gasteiger partial charge on any atom is -0.465 e. The lowest BCUT2D eigenvalue weighted by Gasteiger charge is -2.08. The third kappa shape index (κ3) is 6.00. The quantitative estimate of drug-likeness (QED) is 0.266. The first-order chi connectivity index (χ1) is 16.5. The van der Waals surface area contributed by atoms with E-state index in [1.54, 1.807) is 24.3 Å². The van der Waals surface area contributed by atoms with Crippen LogP contribution in [0.5, 0.6) is 0 Å². The monoisotopic (exact) mass is 491 g/mol. The van der Waals surface area contributed by atoms with Gasteiger partial charge in [0.05, 0.1) is 30.5 Å². The Hall–Kier alpha value is -3.69. The van der Waals surface area contributed by atoms with E-state index in [1.165, 1.54) is 30.2 Å². The highest BCUT2D eigenvalue weighted by Crippen LogP contribution is 2.25. The molecule has 3 aromatic carbocycles. The molecule has 4 rings (SSSR count). The lowest BCUT2D eigenvalue weighted by atomic mass is 10.1. The van der Waals surface area contributed by atoms with Crippen molar-refractivity contribution in [2.75, 3.05) is 23.5 Å². The van der Waals surface area contributed by atoms with E-state index in [0.29, 0.717) is 16.9 Å². The number of aromatic nitrogens is 1. The Bertz CT molecular complexity index is 1330. The van der Waals surface area contributed by atoms with Gasteiger partial charge in [-0.1, -0.05) is 48.2 Å². The van der Waals surface area contributed by atoms with Crippen LogP contribution in [0.4, 0.5) is 11.4 Å². The number of carbonyl (C=O) groups is 3. The van der Waals surface area contributed by atoms with Crippen molar-refractivity contribution in [2.45, 2.75) is 10.8 Å². The van der Waals surface area contributed by atoms with E-state index in [2.05, 4.69) is 20.4 Å². The zero-order chi connectivity index (χ0) is 23.9. The first-order valence-electron chi connectivity index (χ1n) is 10.3. The fourth-order valence-corrected chi connectivity index (χ4v) is 4.91. The van der Waals surface area contributed by atoms with Gasteiger partial charge in [-0.3, -0.25) is 9.59 Å². The fourth-order valence-electron chi connectivity index (χ4n) is 3.26. The van der Waals surface area contributed by atoms with Crippen LogP contribution in [0, 0.1) is 0 Å². The van der Waals surface area contributed by atoms with Crippen molar-refractivity contribution in [3.8, 4) is 0 Å². The number of hydrogen-bond acceptors (Lipinski definition) is 7. The SMILES string of the molecule is COC(=O)c1ccc(NC(=O)Cc2csc(SCC(=O)Nc3cccc4ccccc34)n2)cc1. The molecule has 1 heterocycles. The highest BCUT2D eigenvalue weighted by atomic mass is 32.2. The summed E-state index contributed by atoms with van der Waals surface area (Å²) in [5, 5.41) is 9.61. The molecular formula is C25H21N3O4S2. The van der Waals surface area contributed by atoms with E-state index in [1.807, 2.05) is 47.8 Å². The van der Waals surface area contributed by atoms with Crippen molar-refractivity contribution in [2.24, 2.45) is 0 Å². The van der Waals surface area contributed by atoms with Crippen LogP contribution in [0.3, 0.4) is 0 Å². The molecule has 9 heteroatoms. The largest absolute Gasteiger partial charge is 0.465 e. The minimum atomic E-state index is -0.434. The average molecular weight is 492 g/mol. The van der Waals surface area contributed by atoms with Crippen LogP contribution < -0.4 is 10.6 Å². The number of esters is 1. The third-order valence-electron chi connectivity index (χ3n) is 4.85. The summed E-state index contributed by atoms with van der Waals surface area (Å²) in [5.41, 5.74) is 2.39. The number of hydrogen-bond donors (Lipinski definition) is 2. The number of methoxy groups -OCH3 is 1. The molecule has 2 amide bonds. The van der Waals surface area contributed by atoms with E-state index in [4.69, 9.17) is 0 Å².